The van der Waals surface area contributed by atoms with Crippen LogP contribution in [-0.2, 0) is 4.43 Å². The van der Waals surface area contributed by atoms with E-state index in [1.54, 1.807) is 0 Å². The normalized spacial score (nSPS) is 12.0. The molecule has 0 amide bonds. The molecule has 3 heteroatoms. The second-order valence-electron chi connectivity index (χ2n) is 2.65. The van der Waals surface area contributed by atoms with Gasteiger partial charge in [0.1, 0.15) is 0 Å². The third kappa shape index (κ3) is 6.91. The van der Waals surface area contributed by atoms with Gasteiger partial charge in [-0.25, -0.2) is 0 Å². The molecule has 0 fully saturated rings. The summed E-state index contributed by atoms with van der Waals surface area (Å²) in [5.41, 5.74) is 0. The van der Waals surface area contributed by atoms with Gasteiger partial charge in [0.15, 0.2) is 8.32 Å². The fourth-order valence-corrected chi connectivity index (χ4v) is 1.69. The summed E-state index contributed by atoms with van der Waals surface area (Å²) >= 11 is 2.32. The van der Waals surface area contributed by atoms with E-state index in [-0.39, 0.29) is 0 Å². The van der Waals surface area contributed by atoms with Crippen LogP contribution in [-0.4, -0.2) is 19.4 Å². The van der Waals surface area contributed by atoms with Crippen molar-refractivity contribution in [2.24, 2.45) is 0 Å². The molecule has 0 heterocycles. The summed E-state index contributed by atoms with van der Waals surface area (Å²) < 4.78 is 6.62. The molecule has 0 aliphatic heterocycles. The molecule has 0 rings (SSSR count). The van der Waals surface area contributed by atoms with Crippen molar-refractivity contribution in [3.63, 3.8) is 0 Å². The predicted octanol–water partition coefficient (Wildman–Crippen LogP) is 2.27. The molecular weight excluding hydrogens is 231 g/mol. The van der Waals surface area contributed by atoms with Crippen molar-refractivity contribution < 1.29 is 4.43 Å². The van der Waals surface area contributed by atoms with Crippen LogP contribution >= 0.6 is 22.6 Å². The number of rotatable bonds is 3. The van der Waals surface area contributed by atoms with Crippen LogP contribution in [0.5, 0.6) is 0 Å². The van der Waals surface area contributed by atoms with E-state index in [1.807, 2.05) is 0 Å². The van der Waals surface area contributed by atoms with Gasteiger partial charge in [0, 0.05) is 11.0 Å². The lowest BCUT2D eigenvalue weighted by Crippen LogP contribution is -2.26. The smallest absolute Gasteiger partial charge is 0.183 e. The molecule has 0 N–H and O–H groups in total. The lowest BCUT2D eigenvalue weighted by Gasteiger charge is -2.15. The van der Waals surface area contributed by atoms with Gasteiger partial charge in [-0.1, -0.05) is 22.6 Å². The molecule has 0 atom stereocenters. The van der Waals surface area contributed by atoms with Gasteiger partial charge in [0.25, 0.3) is 0 Å². The van der Waals surface area contributed by atoms with Gasteiger partial charge in [0.05, 0.1) is 0 Å². The first-order chi connectivity index (χ1) is 3.56. The van der Waals surface area contributed by atoms with Crippen LogP contribution in [0.1, 0.15) is 0 Å². The highest BCUT2D eigenvalue weighted by atomic mass is 127. The molecule has 50 valence electrons. The van der Waals surface area contributed by atoms with Gasteiger partial charge in [0.2, 0.25) is 0 Å². The Kier molecular flexibility index (Phi) is 4.28. The van der Waals surface area contributed by atoms with E-state index in [4.69, 9.17) is 4.43 Å². The van der Waals surface area contributed by atoms with Crippen LogP contribution in [0.25, 0.3) is 0 Å². The maximum absolute atomic E-state index is 5.51. The third-order valence-corrected chi connectivity index (χ3v) is 2.12. The minimum atomic E-state index is -1.18. The summed E-state index contributed by atoms with van der Waals surface area (Å²) in [4.78, 5) is 0. The predicted molar refractivity (Wildman–Crippen MR) is 48.2 cm³/mol. The van der Waals surface area contributed by atoms with Gasteiger partial charge < -0.3 is 4.43 Å². The monoisotopic (exact) mass is 244 g/mol. The summed E-state index contributed by atoms with van der Waals surface area (Å²) in [5.74, 6) is 0. The van der Waals surface area contributed by atoms with E-state index in [1.165, 1.54) is 0 Å². The zero-order valence-corrected chi connectivity index (χ0v) is 8.86. The highest BCUT2D eigenvalue weighted by molar-refractivity contribution is 14.1. The molecule has 0 saturated heterocycles. The van der Waals surface area contributed by atoms with Gasteiger partial charge in [-0.2, -0.15) is 0 Å². The van der Waals surface area contributed by atoms with Crippen molar-refractivity contribution in [2.75, 3.05) is 11.0 Å². The largest absolute Gasteiger partial charge is 0.417 e. The van der Waals surface area contributed by atoms with Crippen molar-refractivity contribution in [3.05, 3.63) is 0 Å². The molecule has 0 unspecified atom stereocenters. The number of alkyl halides is 1. The van der Waals surface area contributed by atoms with Crippen LogP contribution < -0.4 is 0 Å². The van der Waals surface area contributed by atoms with Crippen LogP contribution in [0, 0.1) is 0 Å². The molecule has 0 bridgehead atoms. The minimum absolute atomic E-state index is 0.927. The molecule has 0 spiro atoms. The fourth-order valence-electron chi connectivity index (χ4n) is 0.345. The van der Waals surface area contributed by atoms with E-state index >= 15 is 0 Å². The molecule has 0 saturated carbocycles. The van der Waals surface area contributed by atoms with E-state index in [0.29, 0.717) is 0 Å². The van der Waals surface area contributed by atoms with E-state index in [9.17, 15) is 0 Å². The zero-order chi connectivity index (χ0) is 6.62. The highest BCUT2D eigenvalue weighted by Gasteiger charge is 2.12. The van der Waals surface area contributed by atoms with Crippen LogP contribution in [0.15, 0.2) is 0 Å². The lowest BCUT2D eigenvalue weighted by molar-refractivity contribution is 0.341. The Labute approximate surface area is 66.1 Å². The Bertz CT molecular complexity index is 59.9. The SMILES string of the molecule is C[Si](C)(C)OCCI. The standard InChI is InChI=1S/C5H13IOSi/c1-8(2,3)7-5-4-6/h4-5H2,1-3H3. The topological polar surface area (TPSA) is 9.23 Å². The molecule has 0 aromatic heterocycles. The van der Waals surface area contributed by atoms with Crippen molar-refractivity contribution >= 4 is 30.9 Å². The number of hydrogen-bond donors (Lipinski definition) is 0. The Hall–Kier alpha value is 0.907. The Morgan fingerprint density at radius 3 is 2.00 bits per heavy atom. The quantitative estimate of drug-likeness (QED) is 0.420. The average Bonchev–Trinajstić information content (AvgIpc) is 1.59. The van der Waals surface area contributed by atoms with Crippen molar-refractivity contribution in [2.45, 2.75) is 19.6 Å². The molecule has 1 nitrogen and oxygen atoms in total. The Morgan fingerprint density at radius 1 is 1.38 bits per heavy atom. The molecule has 0 aromatic rings. The summed E-state index contributed by atoms with van der Waals surface area (Å²) in [6.45, 7) is 7.55. The van der Waals surface area contributed by atoms with Crippen LogP contribution in [0.2, 0.25) is 19.6 Å². The summed E-state index contributed by atoms with van der Waals surface area (Å²) in [6.07, 6.45) is 0. The second kappa shape index (κ2) is 3.84. The molecule has 0 aliphatic rings. The first kappa shape index (κ1) is 8.91. The Balaban J connectivity index is 3.11. The van der Waals surface area contributed by atoms with Crippen molar-refractivity contribution in [1.82, 2.24) is 0 Å². The molecular formula is C5H13IOSi. The van der Waals surface area contributed by atoms with Gasteiger partial charge in [-0.15, -0.1) is 0 Å². The molecule has 0 aromatic carbocycles. The summed E-state index contributed by atoms with van der Waals surface area (Å²) in [6, 6.07) is 0. The first-order valence-corrected chi connectivity index (χ1v) is 7.69. The van der Waals surface area contributed by atoms with Crippen molar-refractivity contribution in [1.29, 1.82) is 0 Å². The lowest BCUT2D eigenvalue weighted by atomic mass is 10.9. The number of halogens is 1. The van der Waals surface area contributed by atoms with Gasteiger partial charge in [-0.3, -0.25) is 0 Å². The minimum Gasteiger partial charge on any atom is -0.417 e. The maximum atomic E-state index is 5.51. The molecule has 8 heavy (non-hydrogen) atoms. The summed E-state index contributed by atoms with van der Waals surface area (Å²) in [7, 11) is -1.18. The Morgan fingerprint density at radius 2 is 1.88 bits per heavy atom. The third-order valence-electron chi connectivity index (χ3n) is 0.612. The zero-order valence-electron chi connectivity index (χ0n) is 5.70. The van der Waals surface area contributed by atoms with Gasteiger partial charge in [-0.05, 0) is 19.6 Å². The van der Waals surface area contributed by atoms with E-state index < -0.39 is 8.32 Å². The number of hydrogen-bond acceptors (Lipinski definition) is 1. The highest BCUT2D eigenvalue weighted by Crippen LogP contribution is 2.01. The summed E-state index contributed by atoms with van der Waals surface area (Å²) in [5, 5.41) is 0. The molecule has 0 radical (unpaired) electrons. The van der Waals surface area contributed by atoms with Crippen LogP contribution in [0.3, 0.4) is 0 Å². The van der Waals surface area contributed by atoms with E-state index in [2.05, 4.69) is 42.2 Å². The van der Waals surface area contributed by atoms with E-state index in [0.717, 1.165) is 11.0 Å². The van der Waals surface area contributed by atoms with Crippen LogP contribution in [0.4, 0.5) is 0 Å². The average molecular weight is 244 g/mol. The second-order valence-corrected chi connectivity index (χ2v) is 8.24. The maximum Gasteiger partial charge on any atom is 0.183 e. The van der Waals surface area contributed by atoms with Crippen molar-refractivity contribution in [3.8, 4) is 0 Å². The van der Waals surface area contributed by atoms with Gasteiger partial charge >= 0.3 is 0 Å². The first-order valence-electron chi connectivity index (χ1n) is 2.76. The molecule has 0 aliphatic carbocycles. The fraction of sp³-hybridized carbons (Fsp3) is 1.00.